The summed E-state index contributed by atoms with van der Waals surface area (Å²) in [6.45, 7) is 0. The maximum Gasteiger partial charge on any atom is 0.165 e. The minimum Gasteiger partial charge on any atom is -0.456 e. The van der Waals surface area contributed by atoms with Crippen molar-refractivity contribution < 1.29 is 4.42 Å². The number of nitrogens with zero attached hydrogens (tertiary/aromatic N) is 3. The third-order valence-electron chi connectivity index (χ3n) is 12.8. The highest BCUT2D eigenvalue weighted by molar-refractivity contribution is 7.26. The minimum absolute atomic E-state index is 0.489. The van der Waals surface area contributed by atoms with Crippen LogP contribution in [0, 0.1) is 0 Å². The number of hydrogen-bond donors (Lipinski definition) is 0. The minimum atomic E-state index is -0.489. The van der Waals surface area contributed by atoms with Gasteiger partial charge in [-0.3, -0.25) is 0 Å². The van der Waals surface area contributed by atoms with E-state index in [1.165, 1.54) is 48.9 Å². The SMILES string of the molecule is c1ccc(-c2nc(-c3cccc4c3sc3ccccc34)nc(-c3cccc4oc5ccc(-c6ccc7c(c6)C(c6ccccc6)(c6ccccc6)c6ccccc6-7)cc5c34)n2)cc1. The van der Waals surface area contributed by atoms with E-state index in [1.54, 1.807) is 11.3 Å². The Bertz CT molecular complexity index is 3700. The second-order valence-electron chi connectivity index (χ2n) is 16.2. The molecule has 0 saturated heterocycles. The lowest BCUT2D eigenvalue weighted by molar-refractivity contribution is 0.669. The number of hydrogen-bond acceptors (Lipinski definition) is 5. The van der Waals surface area contributed by atoms with Crippen molar-refractivity contribution in [2.75, 3.05) is 0 Å². The van der Waals surface area contributed by atoms with Gasteiger partial charge in [-0.2, -0.15) is 0 Å². The van der Waals surface area contributed by atoms with Crippen molar-refractivity contribution in [1.29, 1.82) is 0 Å². The fraction of sp³-hybridized carbons (Fsp3) is 0.0172. The molecule has 294 valence electrons. The standard InChI is InChI=1S/C58H35N3OS/c1-4-16-36(17-5-1)55-59-56(61-57(60-55)46-26-14-24-44-43-23-11-13-29-52(43)63-54(44)46)45-25-15-28-51-53(45)47-34-37(31-33-50(47)62-51)38-30-32-42-41-22-10-12-27-48(41)58(49(42)35-38,39-18-6-2-7-19-39)40-20-8-3-9-21-40/h1-35H. The average molecular weight is 822 g/mol. The fourth-order valence-electron chi connectivity index (χ4n) is 10.1. The summed E-state index contributed by atoms with van der Waals surface area (Å²) in [4.78, 5) is 15.7. The van der Waals surface area contributed by atoms with Crippen molar-refractivity contribution in [3.63, 3.8) is 0 Å². The average Bonchev–Trinajstić information content (AvgIpc) is 4.03. The fourth-order valence-corrected chi connectivity index (χ4v) is 11.3. The smallest absolute Gasteiger partial charge is 0.165 e. The quantitative estimate of drug-likeness (QED) is 0.168. The number of fused-ring (bicyclic) bond motifs is 9. The number of furan rings is 1. The first-order chi connectivity index (χ1) is 31.2. The van der Waals surface area contributed by atoms with Gasteiger partial charge in [0, 0.05) is 47.6 Å². The molecule has 9 aromatic carbocycles. The molecule has 63 heavy (non-hydrogen) atoms. The van der Waals surface area contributed by atoms with Crippen LogP contribution in [0.2, 0.25) is 0 Å². The number of aromatic nitrogens is 3. The highest BCUT2D eigenvalue weighted by Crippen LogP contribution is 2.57. The Labute approximate surface area is 367 Å². The number of benzene rings is 9. The zero-order valence-corrected chi connectivity index (χ0v) is 34.7. The molecule has 1 aliphatic rings. The summed E-state index contributed by atoms with van der Waals surface area (Å²) >= 11 is 1.78. The van der Waals surface area contributed by atoms with Crippen LogP contribution in [0.3, 0.4) is 0 Å². The highest BCUT2D eigenvalue weighted by Gasteiger charge is 2.46. The first-order valence-corrected chi connectivity index (χ1v) is 22.1. The second-order valence-corrected chi connectivity index (χ2v) is 17.3. The lowest BCUT2D eigenvalue weighted by atomic mass is 9.67. The van der Waals surface area contributed by atoms with Gasteiger partial charge < -0.3 is 4.42 Å². The van der Waals surface area contributed by atoms with Crippen LogP contribution in [0.1, 0.15) is 22.3 Å². The third-order valence-corrected chi connectivity index (χ3v) is 14.1. The van der Waals surface area contributed by atoms with Crippen LogP contribution in [0.25, 0.3) is 98.5 Å². The van der Waals surface area contributed by atoms with Crippen LogP contribution < -0.4 is 0 Å². The molecule has 0 unspecified atom stereocenters. The Morgan fingerprint density at radius 3 is 1.76 bits per heavy atom. The van der Waals surface area contributed by atoms with Gasteiger partial charge >= 0.3 is 0 Å². The van der Waals surface area contributed by atoms with E-state index in [-0.39, 0.29) is 0 Å². The molecule has 3 heterocycles. The summed E-state index contributed by atoms with van der Waals surface area (Å²) in [5.74, 6) is 1.86. The van der Waals surface area contributed by atoms with Crippen LogP contribution in [-0.4, -0.2) is 15.0 Å². The van der Waals surface area contributed by atoms with Crippen molar-refractivity contribution >= 4 is 53.4 Å². The molecular weight excluding hydrogens is 787 g/mol. The van der Waals surface area contributed by atoms with Gasteiger partial charge in [0.15, 0.2) is 17.5 Å². The molecule has 12 aromatic rings. The van der Waals surface area contributed by atoms with Crippen LogP contribution in [0.15, 0.2) is 217 Å². The maximum absolute atomic E-state index is 6.62. The van der Waals surface area contributed by atoms with Crippen LogP contribution in [0.4, 0.5) is 0 Å². The lowest BCUT2D eigenvalue weighted by Crippen LogP contribution is -2.28. The highest BCUT2D eigenvalue weighted by atomic mass is 32.1. The molecule has 1 aliphatic carbocycles. The van der Waals surface area contributed by atoms with E-state index < -0.39 is 5.41 Å². The Balaban J connectivity index is 1.01. The predicted molar refractivity (Wildman–Crippen MR) is 259 cm³/mol. The van der Waals surface area contributed by atoms with E-state index in [2.05, 4.69) is 182 Å². The molecule has 0 saturated carbocycles. The predicted octanol–water partition coefficient (Wildman–Crippen LogP) is 15.2. The van der Waals surface area contributed by atoms with Crippen molar-refractivity contribution in [2.24, 2.45) is 0 Å². The summed E-state index contributed by atoms with van der Waals surface area (Å²) < 4.78 is 9.02. The number of rotatable bonds is 6. The van der Waals surface area contributed by atoms with E-state index in [9.17, 15) is 0 Å². The summed E-state index contributed by atoms with van der Waals surface area (Å²) in [5.41, 5.74) is 13.7. The molecule has 0 bridgehead atoms. The van der Waals surface area contributed by atoms with E-state index in [1.807, 2.05) is 30.3 Å². The van der Waals surface area contributed by atoms with Crippen molar-refractivity contribution in [2.45, 2.75) is 5.41 Å². The number of thiophene rings is 1. The van der Waals surface area contributed by atoms with E-state index in [4.69, 9.17) is 19.4 Å². The van der Waals surface area contributed by atoms with Crippen molar-refractivity contribution in [3.8, 4) is 56.4 Å². The van der Waals surface area contributed by atoms with Gasteiger partial charge in [0.1, 0.15) is 11.2 Å². The maximum atomic E-state index is 6.62. The largest absolute Gasteiger partial charge is 0.456 e. The molecule has 0 aliphatic heterocycles. The van der Waals surface area contributed by atoms with Crippen molar-refractivity contribution in [3.05, 3.63) is 235 Å². The molecule has 0 fully saturated rings. The molecular formula is C58H35N3OS. The van der Waals surface area contributed by atoms with Gasteiger partial charge in [-0.25, -0.2) is 15.0 Å². The van der Waals surface area contributed by atoms with Gasteiger partial charge in [0.2, 0.25) is 0 Å². The molecule has 3 aromatic heterocycles. The zero-order valence-electron chi connectivity index (χ0n) is 33.9. The van der Waals surface area contributed by atoms with Crippen LogP contribution in [0.5, 0.6) is 0 Å². The summed E-state index contributed by atoms with van der Waals surface area (Å²) in [6, 6.07) is 75.7. The summed E-state index contributed by atoms with van der Waals surface area (Å²) in [6.07, 6.45) is 0. The van der Waals surface area contributed by atoms with Gasteiger partial charge in [-0.05, 0) is 80.9 Å². The van der Waals surface area contributed by atoms with E-state index >= 15 is 0 Å². The third kappa shape index (κ3) is 5.43. The van der Waals surface area contributed by atoms with Crippen LogP contribution in [-0.2, 0) is 5.41 Å². The lowest BCUT2D eigenvalue weighted by Gasteiger charge is -2.34. The monoisotopic (exact) mass is 821 g/mol. The van der Waals surface area contributed by atoms with Gasteiger partial charge in [-0.1, -0.05) is 176 Å². The molecule has 0 atom stereocenters. The van der Waals surface area contributed by atoms with Gasteiger partial charge in [0.25, 0.3) is 0 Å². The summed E-state index contributed by atoms with van der Waals surface area (Å²) in [7, 11) is 0. The molecule has 0 amide bonds. The summed E-state index contributed by atoms with van der Waals surface area (Å²) in [5, 5.41) is 4.42. The molecule has 5 heteroatoms. The Hall–Kier alpha value is -7.99. The van der Waals surface area contributed by atoms with Gasteiger partial charge in [0.05, 0.1) is 5.41 Å². The van der Waals surface area contributed by atoms with Crippen molar-refractivity contribution in [1.82, 2.24) is 15.0 Å². The molecule has 0 N–H and O–H groups in total. The molecule has 0 spiro atoms. The molecule has 4 nitrogen and oxygen atoms in total. The molecule has 13 rings (SSSR count). The molecule has 0 radical (unpaired) electrons. The first-order valence-electron chi connectivity index (χ1n) is 21.3. The van der Waals surface area contributed by atoms with Gasteiger partial charge in [-0.15, -0.1) is 11.3 Å². The first kappa shape index (κ1) is 35.7. The zero-order chi connectivity index (χ0) is 41.5. The topological polar surface area (TPSA) is 51.8 Å². The Kier molecular flexibility index (Phi) is 7.96. The van der Waals surface area contributed by atoms with E-state index in [0.29, 0.717) is 17.5 Å². The van der Waals surface area contributed by atoms with E-state index in [0.717, 1.165) is 54.5 Å². The van der Waals surface area contributed by atoms with Crippen LogP contribution >= 0.6 is 11.3 Å². The second kappa shape index (κ2) is 14.0. The Morgan fingerprint density at radius 1 is 0.365 bits per heavy atom. The normalized spacial score (nSPS) is 12.9. The Morgan fingerprint density at radius 2 is 0.952 bits per heavy atom.